The molecule has 5 nitrogen and oxygen atoms in total. The molecule has 1 unspecified atom stereocenters. The Morgan fingerprint density at radius 1 is 0.861 bits per heavy atom. The molecule has 5 heteroatoms. The van der Waals surface area contributed by atoms with Gasteiger partial charge in [0.1, 0.15) is 23.8 Å². The lowest BCUT2D eigenvalue weighted by Gasteiger charge is -2.43. The molecule has 0 bridgehead atoms. The number of carbonyl (C=O) groups is 3. The molecule has 2 saturated carbocycles. The molecule has 2 aliphatic heterocycles. The number of Topliss-reactive ketones (excluding diaryl/α,β-unsaturated/α-hetero) is 2. The van der Waals surface area contributed by atoms with E-state index in [4.69, 9.17) is 9.47 Å². The second-order valence-corrected chi connectivity index (χ2v) is 11.7. The first-order chi connectivity index (χ1) is 17.2. The van der Waals surface area contributed by atoms with Crippen LogP contribution in [-0.4, -0.2) is 29.7 Å². The molecule has 0 aromatic heterocycles. The van der Waals surface area contributed by atoms with Crippen molar-refractivity contribution in [3.8, 4) is 0 Å². The monoisotopic (exact) mass is 482 g/mol. The van der Waals surface area contributed by atoms with Gasteiger partial charge in [-0.2, -0.15) is 0 Å². The van der Waals surface area contributed by atoms with Crippen molar-refractivity contribution in [3.05, 3.63) is 83.7 Å². The summed E-state index contributed by atoms with van der Waals surface area (Å²) >= 11 is 0. The normalized spacial score (nSPS) is 43.1. The molecule has 2 saturated heterocycles. The SMILES string of the molecule is C=C1O[C@@H]2[C@@H]3[C@@H](CC(=O)[C@]34CCC3=CC[C@H]5C(=C)C(=O)O[C@@H]5C5C(=C)C(=O)C4=C35)C(=C)CC[C@H]2C1=C. The number of esters is 1. The summed E-state index contributed by atoms with van der Waals surface area (Å²) in [6, 6.07) is 0. The van der Waals surface area contributed by atoms with Crippen molar-refractivity contribution in [2.45, 2.75) is 50.7 Å². The number of carbonyl (C=O) groups excluding carboxylic acids is 3. The first-order valence-electron chi connectivity index (χ1n) is 13.0. The molecule has 8 atom stereocenters. The molecule has 184 valence electrons. The maximum atomic E-state index is 14.2. The molecule has 4 fully saturated rings. The zero-order chi connectivity index (χ0) is 25.3. The van der Waals surface area contributed by atoms with Gasteiger partial charge in [0.15, 0.2) is 5.78 Å². The summed E-state index contributed by atoms with van der Waals surface area (Å²) in [5.74, 6) is -0.694. The fourth-order valence-electron chi connectivity index (χ4n) is 8.67. The van der Waals surface area contributed by atoms with Gasteiger partial charge in [-0.1, -0.05) is 44.5 Å². The van der Waals surface area contributed by atoms with Gasteiger partial charge in [-0.05, 0) is 54.7 Å². The lowest BCUT2D eigenvalue weighted by molar-refractivity contribution is -0.140. The van der Waals surface area contributed by atoms with Gasteiger partial charge in [0.25, 0.3) is 0 Å². The summed E-state index contributed by atoms with van der Waals surface area (Å²) in [5, 5.41) is 0. The minimum atomic E-state index is -0.966. The topological polar surface area (TPSA) is 69.7 Å². The molecule has 0 aromatic carbocycles. The maximum Gasteiger partial charge on any atom is 0.334 e. The number of hydrogen-bond donors (Lipinski definition) is 0. The minimum absolute atomic E-state index is 0.0486. The molecular weight excluding hydrogens is 452 g/mol. The van der Waals surface area contributed by atoms with Crippen molar-refractivity contribution in [2.75, 3.05) is 0 Å². The van der Waals surface area contributed by atoms with Crippen LogP contribution in [0.4, 0.5) is 0 Å². The minimum Gasteiger partial charge on any atom is -0.490 e. The highest BCUT2D eigenvalue weighted by Crippen LogP contribution is 2.67. The Morgan fingerprint density at radius 3 is 2.42 bits per heavy atom. The van der Waals surface area contributed by atoms with Crippen molar-refractivity contribution >= 4 is 17.5 Å². The van der Waals surface area contributed by atoms with E-state index in [9.17, 15) is 14.4 Å². The Balaban J connectivity index is 1.46. The van der Waals surface area contributed by atoms with Gasteiger partial charge in [-0.15, -0.1) is 0 Å². The van der Waals surface area contributed by atoms with Crippen LogP contribution in [0.15, 0.2) is 83.7 Å². The Kier molecular flexibility index (Phi) is 4.26. The van der Waals surface area contributed by atoms with Gasteiger partial charge in [-0.3, -0.25) is 9.59 Å². The van der Waals surface area contributed by atoms with E-state index in [1.165, 1.54) is 0 Å². The molecule has 0 radical (unpaired) electrons. The van der Waals surface area contributed by atoms with E-state index in [2.05, 4.69) is 39.0 Å². The van der Waals surface area contributed by atoms with Crippen LogP contribution in [0.2, 0.25) is 0 Å². The number of ether oxygens (including phenoxy) is 2. The van der Waals surface area contributed by atoms with Crippen LogP contribution in [0.5, 0.6) is 0 Å². The molecule has 7 aliphatic rings. The molecule has 0 N–H and O–H groups in total. The van der Waals surface area contributed by atoms with Crippen LogP contribution in [-0.2, 0) is 23.9 Å². The van der Waals surface area contributed by atoms with E-state index in [0.717, 1.165) is 35.1 Å². The lowest BCUT2D eigenvalue weighted by atomic mass is 9.59. The summed E-state index contributed by atoms with van der Waals surface area (Å²) in [6.07, 6.45) is 5.30. The van der Waals surface area contributed by atoms with E-state index < -0.39 is 23.4 Å². The number of fused-ring (bicyclic) bond motifs is 7. The fraction of sp³-hybridized carbons (Fsp3) is 0.452. The quantitative estimate of drug-likeness (QED) is 0.279. The predicted octanol–water partition coefficient (Wildman–Crippen LogP) is 4.89. The first-order valence-corrected chi connectivity index (χ1v) is 13.0. The largest absolute Gasteiger partial charge is 0.490 e. The standard InChI is InChI=1S/C31H30O5/c1-13-6-8-19-14(2)17(5)35-29(19)25-21(13)12-22(32)31(25)11-10-18-7-9-20-15(3)30(34)36-28(20)23-16(4)27(33)26(31)24(18)23/h7,19-21,23,25,28-29H,1-6,8-12H2/t19-,20-,21-,23?,25-,28-,29-,31+/m0/s1. The summed E-state index contributed by atoms with van der Waals surface area (Å²) in [5.41, 5.74) is 4.43. The van der Waals surface area contributed by atoms with E-state index in [0.29, 0.717) is 48.2 Å². The molecule has 0 amide bonds. The van der Waals surface area contributed by atoms with Gasteiger partial charge in [-0.25, -0.2) is 4.79 Å². The third-order valence-electron chi connectivity index (χ3n) is 10.4. The van der Waals surface area contributed by atoms with Gasteiger partial charge in [0.2, 0.25) is 0 Å². The molecule has 0 aromatic rings. The Labute approximate surface area is 211 Å². The van der Waals surface area contributed by atoms with Gasteiger partial charge in [0, 0.05) is 40.9 Å². The zero-order valence-corrected chi connectivity index (χ0v) is 20.4. The second-order valence-electron chi connectivity index (χ2n) is 11.7. The van der Waals surface area contributed by atoms with Crippen LogP contribution in [0.25, 0.3) is 0 Å². The number of ketones is 2. The highest BCUT2D eigenvalue weighted by molar-refractivity contribution is 6.18. The summed E-state index contributed by atoms with van der Waals surface area (Å²) < 4.78 is 12.2. The average Bonchev–Trinajstić information content (AvgIpc) is 3.41. The van der Waals surface area contributed by atoms with Crippen molar-refractivity contribution in [3.63, 3.8) is 0 Å². The summed E-state index contributed by atoms with van der Waals surface area (Å²) in [7, 11) is 0. The summed E-state index contributed by atoms with van der Waals surface area (Å²) in [6.45, 7) is 20.9. The van der Waals surface area contributed by atoms with Crippen LogP contribution in [0.1, 0.15) is 38.5 Å². The molecule has 5 aliphatic carbocycles. The molecule has 2 heterocycles. The van der Waals surface area contributed by atoms with Crippen molar-refractivity contribution < 1.29 is 23.9 Å². The summed E-state index contributed by atoms with van der Waals surface area (Å²) in [4.78, 5) is 40.8. The third kappa shape index (κ3) is 2.40. The highest BCUT2D eigenvalue weighted by atomic mass is 16.6. The predicted molar refractivity (Wildman–Crippen MR) is 133 cm³/mol. The third-order valence-corrected chi connectivity index (χ3v) is 10.4. The van der Waals surface area contributed by atoms with E-state index in [-0.39, 0.29) is 41.3 Å². The molecule has 7 rings (SSSR count). The van der Waals surface area contributed by atoms with Crippen LogP contribution in [0.3, 0.4) is 0 Å². The smallest absolute Gasteiger partial charge is 0.334 e. The zero-order valence-electron chi connectivity index (χ0n) is 20.4. The van der Waals surface area contributed by atoms with Gasteiger partial charge < -0.3 is 9.47 Å². The second kappa shape index (κ2) is 6.96. The van der Waals surface area contributed by atoms with E-state index >= 15 is 0 Å². The Hall–Kier alpha value is -3.21. The van der Waals surface area contributed by atoms with Gasteiger partial charge >= 0.3 is 5.97 Å². The van der Waals surface area contributed by atoms with Crippen molar-refractivity contribution in [1.82, 2.24) is 0 Å². The van der Waals surface area contributed by atoms with E-state index in [1.807, 2.05) is 0 Å². The maximum absolute atomic E-state index is 14.2. The van der Waals surface area contributed by atoms with Gasteiger partial charge in [0.05, 0.1) is 11.3 Å². The lowest BCUT2D eigenvalue weighted by Crippen LogP contribution is -2.46. The highest BCUT2D eigenvalue weighted by Gasteiger charge is 2.68. The van der Waals surface area contributed by atoms with Crippen molar-refractivity contribution in [2.24, 2.45) is 35.0 Å². The van der Waals surface area contributed by atoms with Crippen LogP contribution >= 0.6 is 0 Å². The molecule has 1 spiro atoms. The number of rotatable bonds is 0. The molecule has 36 heavy (non-hydrogen) atoms. The van der Waals surface area contributed by atoms with E-state index in [1.54, 1.807) is 0 Å². The fourth-order valence-corrected chi connectivity index (χ4v) is 8.67. The van der Waals surface area contributed by atoms with Crippen LogP contribution < -0.4 is 0 Å². The van der Waals surface area contributed by atoms with Crippen molar-refractivity contribution in [1.29, 1.82) is 0 Å². The molecular formula is C31H30O5. The Bertz CT molecular complexity index is 1340. The average molecular weight is 483 g/mol. The Morgan fingerprint density at radius 2 is 1.64 bits per heavy atom. The number of hydrogen-bond acceptors (Lipinski definition) is 5. The number of allylic oxidation sites excluding steroid dienone is 5. The van der Waals surface area contributed by atoms with Crippen LogP contribution in [0, 0.1) is 35.0 Å². The first kappa shape index (κ1) is 22.0.